The van der Waals surface area contributed by atoms with Gasteiger partial charge in [-0.05, 0) is 20.3 Å². The summed E-state index contributed by atoms with van der Waals surface area (Å²) >= 11 is 0. The third-order valence-electron chi connectivity index (χ3n) is 2.42. The van der Waals surface area contributed by atoms with Gasteiger partial charge in [0.15, 0.2) is 0 Å². The van der Waals surface area contributed by atoms with Crippen molar-refractivity contribution in [2.24, 2.45) is 0 Å². The summed E-state index contributed by atoms with van der Waals surface area (Å²) in [4.78, 5) is 13.6. The van der Waals surface area contributed by atoms with E-state index in [0.29, 0.717) is 18.7 Å². The quantitative estimate of drug-likeness (QED) is 0.686. The first kappa shape index (κ1) is 11.7. The van der Waals surface area contributed by atoms with Crippen LogP contribution in [0.15, 0.2) is 0 Å². The highest BCUT2D eigenvalue weighted by Gasteiger charge is 2.23. The van der Waals surface area contributed by atoms with Gasteiger partial charge < -0.3 is 4.74 Å². The second kappa shape index (κ2) is 5.47. The number of rotatable bonds is 4. The maximum atomic E-state index is 11.4. The summed E-state index contributed by atoms with van der Waals surface area (Å²) in [6.07, 6.45) is 2.18. The largest absolute Gasteiger partial charge is 0.373 e. The molecule has 0 radical (unpaired) electrons. The van der Waals surface area contributed by atoms with Gasteiger partial charge in [-0.15, -0.1) is 0 Å². The monoisotopic (exact) mass is 199 g/mol. The summed E-state index contributed by atoms with van der Waals surface area (Å²) in [5.41, 5.74) is 0. The summed E-state index contributed by atoms with van der Waals surface area (Å²) in [6.45, 7) is 8.55. The van der Waals surface area contributed by atoms with E-state index in [1.54, 1.807) is 0 Å². The molecule has 0 spiro atoms. The number of ether oxygens (including phenoxy) is 1. The van der Waals surface area contributed by atoms with Crippen LogP contribution in [0.5, 0.6) is 0 Å². The number of hydrogen-bond donors (Lipinski definition) is 0. The molecule has 0 aliphatic carbocycles. The molecule has 0 aromatic heterocycles. The van der Waals surface area contributed by atoms with Crippen LogP contribution < -0.4 is 0 Å². The van der Waals surface area contributed by atoms with Gasteiger partial charge in [0.2, 0.25) is 0 Å². The maximum Gasteiger partial charge on any atom is 0.146 e. The van der Waals surface area contributed by atoms with E-state index in [4.69, 9.17) is 4.74 Å². The minimum absolute atomic E-state index is 0.258. The van der Waals surface area contributed by atoms with Gasteiger partial charge in [0.05, 0.1) is 18.8 Å². The third-order valence-corrected chi connectivity index (χ3v) is 2.42. The molecule has 0 bridgehead atoms. The van der Waals surface area contributed by atoms with E-state index in [-0.39, 0.29) is 12.2 Å². The lowest BCUT2D eigenvalue weighted by Crippen LogP contribution is -2.47. The van der Waals surface area contributed by atoms with Crippen LogP contribution in [0.4, 0.5) is 0 Å². The standard InChI is InChI=1S/C11H21NO2/c1-4-5-11(13)8-12-6-9(2)14-10(3)7-12/h9-10H,4-8H2,1-3H3. The van der Waals surface area contributed by atoms with Crippen LogP contribution >= 0.6 is 0 Å². The van der Waals surface area contributed by atoms with Crippen molar-refractivity contribution in [3.05, 3.63) is 0 Å². The molecule has 0 amide bonds. The Morgan fingerprint density at radius 3 is 2.43 bits per heavy atom. The summed E-state index contributed by atoms with van der Waals surface area (Å²) in [6, 6.07) is 0. The van der Waals surface area contributed by atoms with Crippen LogP contribution in [0.1, 0.15) is 33.6 Å². The lowest BCUT2D eigenvalue weighted by Gasteiger charge is -2.34. The van der Waals surface area contributed by atoms with Crippen LogP contribution in [0.3, 0.4) is 0 Å². The molecule has 1 aliphatic heterocycles. The molecule has 1 heterocycles. The lowest BCUT2D eigenvalue weighted by atomic mass is 10.2. The minimum Gasteiger partial charge on any atom is -0.373 e. The number of nitrogens with zero attached hydrogens (tertiary/aromatic N) is 1. The fraction of sp³-hybridized carbons (Fsp3) is 0.909. The molecule has 82 valence electrons. The molecular formula is C11H21NO2. The van der Waals surface area contributed by atoms with E-state index in [0.717, 1.165) is 19.5 Å². The number of hydrogen-bond acceptors (Lipinski definition) is 3. The fourth-order valence-corrected chi connectivity index (χ4v) is 2.02. The highest BCUT2D eigenvalue weighted by Crippen LogP contribution is 2.10. The number of carbonyl (C=O) groups excluding carboxylic acids is 1. The average molecular weight is 199 g/mol. The van der Waals surface area contributed by atoms with Crippen LogP contribution in [-0.2, 0) is 9.53 Å². The topological polar surface area (TPSA) is 29.5 Å². The van der Waals surface area contributed by atoms with Crippen molar-refractivity contribution in [3.8, 4) is 0 Å². The summed E-state index contributed by atoms with van der Waals surface area (Å²) in [5.74, 6) is 0.355. The third kappa shape index (κ3) is 3.76. The van der Waals surface area contributed by atoms with E-state index >= 15 is 0 Å². The molecule has 14 heavy (non-hydrogen) atoms. The van der Waals surface area contributed by atoms with E-state index in [9.17, 15) is 4.79 Å². The van der Waals surface area contributed by atoms with Gasteiger partial charge in [-0.2, -0.15) is 0 Å². The first-order chi connectivity index (χ1) is 6.61. The van der Waals surface area contributed by atoms with Gasteiger partial charge in [0.1, 0.15) is 5.78 Å². The zero-order valence-electron chi connectivity index (χ0n) is 9.45. The molecule has 1 aliphatic rings. The second-order valence-corrected chi connectivity index (χ2v) is 4.24. The minimum atomic E-state index is 0.258. The summed E-state index contributed by atoms with van der Waals surface area (Å²) < 4.78 is 5.60. The number of ketones is 1. The zero-order chi connectivity index (χ0) is 10.6. The van der Waals surface area contributed by atoms with Crippen molar-refractivity contribution in [2.45, 2.75) is 45.8 Å². The number of Topliss-reactive ketones (excluding diaryl/α,β-unsaturated/α-hetero) is 1. The van der Waals surface area contributed by atoms with Gasteiger partial charge in [0.25, 0.3) is 0 Å². The Morgan fingerprint density at radius 2 is 1.93 bits per heavy atom. The van der Waals surface area contributed by atoms with Crippen molar-refractivity contribution in [1.29, 1.82) is 0 Å². The summed E-state index contributed by atoms with van der Waals surface area (Å²) in [5, 5.41) is 0. The van der Waals surface area contributed by atoms with E-state index in [2.05, 4.69) is 18.7 Å². The van der Waals surface area contributed by atoms with E-state index in [1.807, 2.05) is 6.92 Å². The van der Waals surface area contributed by atoms with Gasteiger partial charge >= 0.3 is 0 Å². The Bertz CT molecular complexity index is 184. The first-order valence-electron chi connectivity index (χ1n) is 5.51. The Kier molecular flexibility index (Phi) is 4.55. The molecular weight excluding hydrogens is 178 g/mol. The second-order valence-electron chi connectivity index (χ2n) is 4.24. The lowest BCUT2D eigenvalue weighted by molar-refractivity contribution is -0.124. The predicted octanol–water partition coefficient (Wildman–Crippen LogP) is 1.46. The van der Waals surface area contributed by atoms with Gasteiger partial charge in [-0.25, -0.2) is 0 Å². The molecule has 1 fully saturated rings. The molecule has 1 saturated heterocycles. The number of morpholine rings is 1. The van der Waals surface area contributed by atoms with Gasteiger partial charge in [-0.3, -0.25) is 9.69 Å². The SMILES string of the molecule is CCCC(=O)CN1CC(C)OC(C)C1. The van der Waals surface area contributed by atoms with Crippen LogP contribution in [-0.4, -0.2) is 42.5 Å². The van der Waals surface area contributed by atoms with E-state index < -0.39 is 0 Å². The van der Waals surface area contributed by atoms with Crippen molar-refractivity contribution in [3.63, 3.8) is 0 Å². The molecule has 0 saturated carbocycles. The average Bonchev–Trinajstić information content (AvgIpc) is 2.01. The zero-order valence-corrected chi connectivity index (χ0v) is 9.45. The smallest absolute Gasteiger partial charge is 0.146 e. The van der Waals surface area contributed by atoms with Gasteiger partial charge in [-0.1, -0.05) is 6.92 Å². The Hall–Kier alpha value is -0.410. The number of carbonyl (C=O) groups is 1. The molecule has 0 aromatic rings. The molecule has 2 unspecified atom stereocenters. The molecule has 1 rings (SSSR count). The van der Waals surface area contributed by atoms with Crippen molar-refractivity contribution < 1.29 is 9.53 Å². The Labute approximate surface area is 86.4 Å². The van der Waals surface area contributed by atoms with Crippen LogP contribution in [0, 0.1) is 0 Å². The summed E-state index contributed by atoms with van der Waals surface area (Å²) in [7, 11) is 0. The fourth-order valence-electron chi connectivity index (χ4n) is 2.02. The van der Waals surface area contributed by atoms with Crippen LogP contribution in [0.25, 0.3) is 0 Å². The highest BCUT2D eigenvalue weighted by molar-refractivity contribution is 5.80. The van der Waals surface area contributed by atoms with Crippen LogP contribution in [0.2, 0.25) is 0 Å². The van der Waals surface area contributed by atoms with Crippen molar-refractivity contribution in [1.82, 2.24) is 4.90 Å². The van der Waals surface area contributed by atoms with Crippen molar-refractivity contribution >= 4 is 5.78 Å². The Balaban J connectivity index is 2.33. The normalized spacial score (nSPS) is 29.1. The maximum absolute atomic E-state index is 11.4. The van der Waals surface area contributed by atoms with E-state index in [1.165, 1.54) is 0 Å². The predicted molar refractivity (Wildman–Crippen MR) is 56.4 cm³/mol. The molecule has 2 atom stereocenters. The first-order valence-corrected chi connectivity index (χ1v) is 5.51. The molecule has 3 nitrogen and oxygen atoms in total. The molecule has 0 aromatic carbocycles. The molecule has 3 heteroatoms. The van der Waals surface area contributed by atoms with Crippen molar-refractivity contribution in [2.75, 3.05) is 19.6 Å². The highest BCUT2D eigenvalue weighted by atomic mass is 16.5. The van der Waals surface area contributed by atoms with Gasteiger partial charge in [0, 0.05) is 19.5 Å². The molecule has 0 N–H and O–H groups in total. The Morgan fingerprint density at radius 1 is 1.36 bits per heavy atom.